The molecule has 2 aromatic rings. The van der Waals surface area contributed by atoms with Crippen molar-refractivity contribution in [2.75, 3.05) is 26.2 Å². The first-order valence-corrected chi connectivity index (χ1v) is 10.5. The lowest BCUT2D eigenvalue weighted by atomic mass is 10.0. The highest BCUT2D eigenvalue weighted by atomic mass is 16.5. The van der Waals surface area contributed by atoms with Gasteiger partial charge in [0.1, 0.15) is 18.3 Å². The largest absolute Gasteiger partial charge is 0.492 e. The van der Waals surface area contributed by atoms with Crippen LogP contribution in [0.15, 0.2) is 54.6 Å². The van der Waals surface area contributed by atoms with Crippen LogP contribution >= 0.6 is 0 Å². The Hall–Kier alpha value is -2.88. The Kier molecular flexibility index (Phi) is 6.32. The molecule has 0 spiro atoms. The zero-order chi connectivity index (χ0) is 20.9. The second kappa shape index (κ2) is 9.29. The number of carbonyl (C=O) groups is 1. The monoisotopic (exact) mass is 405 g/mol. The molecular formula is C24H27N3O3. The van der Waals surface area contributed by atoms with Gasteiger partial charge >= 0.3 is 5.97 Å². The number of nitrogens with zero attached hydrogens (tertiary/aromatic N) is 2. The molecule has 1 saturated heterocycles. The predicted octanol–water partition coefficient (Wildman–Crippen LogP) is 2.55. The van der Waals surface area contributed by atoms with E-state index >= 15 is 0 Å². The van der Waals surface area contributed by atoms with Crippen LogP contribution in [0.2, 0.25) is 0 Å². The van der Waals surface area contributed by atoms with Crippen molar-refractivity contribution in [3.8, 4) is 11.8 Å². The van der Waals surface area contributed by atoms with Crippen LogP contribution in [0, 0.1) is 29.1 Å². The van der Waals surface area contributed by atoms with E-state index in [0.717, 1.165) is 36.2 Å². The molecule has 6 heteroatoms. The highest BCUT2D eigenvalue weighted by molar-refractivity contribution is 5.73. The van der Waals surface area contributed by atoms with Crippen LogP contribution in [0.3, 0.4) is 0 Å². The van der Waals surface area contributed by atoms with Gasteiger partial charge in [0.05, 0.1) is 6.07 Å². The smallest absolute Gasteiger partial charge is 0.321 e. The van der Waals surface area contributed by atoms with Gasteiger partial charge in [-0.3, -0.25) is 9.69 Å². The molecule has 2 fully saturated rings. The van der Waals surface area contributed by atoms with E-state index in [1.165, 1.54) is 18.7 Å². The van der Waals surface area contributed by atoms with Gasteiger partial charge in [-0.05, 0) is 41.5 Å². The van der Waals surface area contributed by atoms with Crippen LogP contribution in [0.25, 0.3) is 0 Å². The van der Waals surface area contributed by atoms with Gasteiger partial charge in [0.2, 0.25) is 0 Å². The van der Waals surface area contributed by atoms with Crippen molar-refractivity contribution < 1.29 is 14.6 Å². The molecule has 3 atom stereocenters. The molecule has 1 aliphatic carbocycles. The molecule has 2 unspecified atom stereocenters. The van der Waals surface area contributed by atoms with Crippen LogP contribution in [0.4, 0.5) is 0 Å². The lowest BCUT2D eigenvalue weighted by Crippen LogP contribution is -2.33. The number of nitrogens with one attached hydrogen (secondary N) is 1. The van der Waals surface area contributed by atoms with Crippen molar-refractivity contribution in [3.05, 3.63) is 65.7 Å². The number of ether oxygens (including phenoxy) is 1. The Labute approximate surface area is 177 Å². The lowest BCUT2D eigenvalue weighted by Gasteiger charge is -2.20. The number of carboxylic acid groups (broad SMARTS) is 1. The number of rotatable bonds is 10. The van der Waals surface area contributed by atoms with Crippen LogP contribution in [-0.4, -0.2) is 48.3 Å². The maximum atomic E-state index is 11.0. The molecular weight excluding hydrogens is 378 g/mol. The van der Waals surface area contributed by atoms with Gasteiger partial charge in [0, 0.05) is 32.2 Å². The Bertz CT molecular complexity index is 882. The first-order valence-electron chi connectivity index (χ1n) is 10.5. The number of likely N-dealkylation sites (tertiary alicyclic amines) is 1. The maximum absolute atomic E-state index is 11.0. The summed E-state index contributed by atoms with van der Waals surface area (Å²) in [6.07, 6.45) is 0.208. The third-order valence-electron chi connectivity index (χ3n) is 6.09. The van der Waals surface area contributed by atoms with Gasteiger partial charge in [-0.25, -0.2) is 0 Å². The number of benzene rings is 2. The number of fused-ring (bicyclic) bond motifs is 1. The molecule has 1 heterocycles. The quantitative estimate of drug-likeness (QED) is 0.591. The number of piperidine rings is 1. The van der Waals surface area contributed by atoms with Crippen molar-refractivity contribution >= 4 is 5.97 Å². The normalized spacial score (nSPS) is 23.4. The van der Waals surface area contributed by atoms with Crippen molar-refractivity contribution in [2.24, 2.45) is 17.8 Å². The number of aliphatic carboxylic acids is 1. The standard InChI is InChI=1S/C24H27N3O3/c25-13-19(24(28)29)12-17-6-8-20(9-7-17)30-11-10-26-23-21-15-27(16-22(21)23)14-18-4-2-1-3-5-18/h1-9,19,21-23,26H,10-12,14-16H2,(H,28,29)/t19-,21?,22?,23?/m0/s1. The molecule has 0 aromatic heterocycles. The molecule has 2 aromatic carbocycles. The Balaban J connectivity index is 1.12. The second-order valence-electron chi connectivity index (χ2n) is 8.20. The summed E-state index contributed by atoms with van der Waals surface area (Å²) in [5.74, 6) is 0.180. The first-order chi connectivity index (χ1) is 14.6. The number of carboxylic acids is 1. The van der Waals surface area contributed by atoms with E-state index in [1.54, 1.807) is 0 Å². The number of hydrogen-bond donors (Lipinski definition) is 2. The minimum atomic E-state index is -1.09. The molecule has 1 aliphatic heterocycles. The van der Waals surface area contributed by atoms with Gasteiger partial charge in [0.15, 0.2) is 0 Å². The van der Waals surface area contributed by atoms with Crippen molar-refractivity contribution in [2.45, 2.75) is 19.0 Å². The first kappa shape index (κ1) is 20.4. The molecule has 0 amide bonds. The molecule has 156 valence electrons. The minimum Gasteiger partial charge on any atom is -0.492 e. The summed E-state index contributed by atoms with van der Waals surface area (Å²) in [7, 11) is 0. The molecule has 0 radical (unpaired) electrons. The molecule has 2 aliphatic rings. The molecule has 30 heavy (non-hydrogen) atoms. The molecule has 4 rings (SSSR count). The van der Waals surface area contributed by atoms with Crippen LogP contribution in [0.1, 0.15) is 11.1 Å². The average Bonchev–Trinajstić information content (AvgIpc) is 3.21. The van der Waals surface area contributed by atoms with E-state index in [1.807, 2.05) is 30.3 Å². The van der Waals surface area contributed by atoms with E-state index < -0.39 is 11.9 Å². The lowest BCUT2D eigenvalue weighted by molar-refractivity contribution is -0.139. The summed E-state index contributed by atoms with van der Waals surface area (Å²) in [4.78, 5) is 13.5. The SMILES string of the molecule is N#C[C@H](Cc1ccc(OCCNC2C3CN(Cc4ccccc4)CC32)cc1)C(=O)O. The zero-order valence-corrected chi connectivity index (χ0v) is 16.9. The van der Waals surface area contributed by atoms with Crippen LogP contribution < -0.4 is 10.1 Å². The molecule has 1 saturated carbocycles. The van der Waals surface area contributed by atoms with Crippen molar-refractivity contribution in [1.82, 2.24) is 10.2 Å². The summed E-state index contributed by atoms with van der Waals surface area (Å²) < 4.78 is 5.79. The van der Waals surface area contributed by atoms with E-state index in [0.29, 0.717) is 12.6 Å². The van der Waals surface area contributed by atoms with E-state index in [-0.39, 0.29) is 6.42 Å². The predicted molar refractivity (Wildman–Crippen MR) is 113 cm³/mol. The van der Waals surface area contributed by atoms with Crippen molar-refractivity contribution in [3.63, 3.8) is 0 Å². The van der Waals surface area contributed by atoms with Crippen LogP contribution in [0.5, 0.6) is 5.75 Å². The minimum absolute atomic E-state index is 0.208. The summed E-state index contributed by atoms with van der Waals surface area (Å²) in [5.41, 5.74) is 2.20. The van der Waals surface area contributed by atoms with Gasteiger partial charge in [-0.2, -0.15) is 5.26 Å². The zero-order valence-electron chi connectivity index (χ0n) is 16.9. The molecule has 2 N–H and O–H groups in total. The highest BCUT2D eigenvalue weighted by Crippen LogP contribution is 2.45. The summed E-state index contributed by atoms with van der Waals surface area (Å²) in [5, 5.41) is 21.5. The topological polar surface area (TPSA) is 85.6 Å². The van der Waals surface area contributed by atoms with E-state index in [4.69, 9.17) is 15.1 Å². The van der Waals surface area contributed by atoms with Gasteiger partial charge in [0.25, 0.3) is 0 Å². The molecule has 0 bridgehead atoms. The van der Waals surface area contributed by atoms with Gasteiger partial charge < -0.3 is 15.2 Å². The Morgan fingerprint density at radius 1 is 1.13 bits per heavy atom. The van der Waals surface area contributed by atoms with Gasteiger partial charge in [-0.1, -0.05) is 42.5 Å². The fourth-order valence-electron chi connectivity index (χ4n) is 4.43. The maximum Gasteiger partial charge on any atom is 0.321 e. The average molecular weight is 405 g/mol. The summed E-state index contributed by atoms with van der Waals surface area (Å²) in [6, 6.07) is 20.4. The fraction of sp³-hybridized carbons (Fsp3) is 0.417. The fourth-order valence-corrected chi connectivity index (χ4v) is 4.43. The third kappa shape index (κ3) is 4.99. The highest BCUT2D eigenvalue weighted by Gasteiger charge is 2.55. The second-order valence-corrected chi connectivity index (χ2v) is 8.20. The van der Waals surface area contributed by atoms with Crippen LogP contribution in [-0.2, 0) is 17.8 Å². The van der Waals surface area contributed by atoms with E-state index in [2.05, 4.69) is 40.5 Å². The van der Waals surface area contributed by atoms with E-state index in [9.17, 15) is 4.79 Å². The van der Waals surface area contributed by atoms with Gasteiger partial charge in [-0.15, -0.1) is 0 Å². The summed E-state index contributed by atoms with van der Waals surface area (Å²) >= 11 is 0. The van der Waals surface area contributed by atoms with Crippen molar-refractivity contribution in [1.29, 1.82) is 5.26 Å². The molecule has 6 nitrogen and oxygen atoms in total. The number of nitriles is 1. The summed E-state index contributed by atoms with van der Waals surface area (Å²) in [6.45, 7) is 4.78. The Morgan fingerprint density at radius 3 is 2.47 bits per heavy atom. The number of hydrogen-bond acceptors (Lipinski definition) is 5. The third-order valence-corrected chi connectivity index (χ3v) is 6.09. The Morgan fingerprint density at radius 2 is 1.83 bits per heavy atom.